The summed E-state index contributed by atoms with van der Waals surface area (Å²) in [6, 6.07) is 7.84. The first kappa shape index (κ1) is 22.3. The van der Waals surface area contributed by atoms with E-state index in [2.05, 4.69) is 30.7 Å². The predicted octanol–water partition coefficient (Wildman–Crippen LogP) is 3.38. The number of carbonyl (C=O) groups excluding carboxylic acids is 2. The van der Waals surface area contributed by atoms with Crippen LogP contribution in [0, 0.1) is 0 Å². The third-order valence-electron chi connectivity index (χ3n) is 6.08. The normalized spacial score (nSPS) is 18.5. The molecule has 2 heterocycles. The number of rotatable bonds is 9. The fourth-order valence-electron chi connectivity index (χ4n) is 4.17. The third-order valence-corrected chi connectivity index (χ3v) is 6.08. The van der Waals surface area contributed by atoms with Gasteiger partial charge in [-0.15, -0.1) is 0 Å². The van der Waals surface area contributed by atoms with Crippen LogP contribution in [0.15, 0.2) is 30.0 Å². The fourth-order valence-corrected chi connectivity index (χ4v) is 4.17. The molecule has 0 saturated carbocycles. The van der Waals surface area contributed by atoms with Crippen molar-refractivity contribution in [1.29, 1.82) is 0 Å². The topological polar surface area (TPSA) is 53.1 Å². The molecule has 0 spiro atoms. The Morgan fingerprint density at radius 1 is 1.03 bits per heavy atom. The number of imide groups is 1. The molecule has 2 amide bonds. The van der Waals surface area contributed by atoms with Crippen LogP contribution in [0.3, 0.4) is 0 Å². The summed E-state index contributed by atoms with van der Waals surface area (Å²) in [7, 11) is 4.10. The van der Waals surface area contributed by atoms with Gasteiger partial charge in [0.15, 0.2) is 0 Å². The highest BCUT2D eigenvalue weighted by Crippen LogP contribution is 2.34. The number of likely N-dealkylation sites (tertiary alicyclic amines) is 1. The number of hydrogen-bond donors (Lipinski definition) is 0. The second-order valence-corrected chi connectivity index (χ2v) is 8.36. The third kappa shape index (κ3) is 4.69. The standard InChI is InChI=1S/C24H35N3O3/c1-5-7-14-27-23(28)21(18-8-10-20(11-9-18)30-17-6-2)22(24(27)29)26(4)19-12-15-25(3)16-13-19/h8-11,19H,5-7,12-17H2,1-4H3. The molecule has 0 unspecified atom stereocenters. The highest BCUT2D eigenvalue weighted by Gasteiger charge is 2.42. The Hall–Kier alpha value is -2.34. The molecule has 164 valence electrons. The zero-order chi connectivity index (χ0) is 21.7. The van der Waals surface area contributed by atoms with Gasteiger partial charge in [0.2, 0.25) is 0 Å². The van der Waals surface area contributed by atoms with Crippen LogP contribution in [0.2, 0.25) is 0 Å². The van der Waals surface area contributed by atoms with E-state index >= 15 is 0 Å². The Bertz CT molecular complexity index is 779. The van der Waals surface area contributed by atoms with E-state index in [9.17, 15) is 9.59 Å². The lowest BCUT2D eigenvalue weighted by Gasteiger charge is -2.36. The molecule has 1 aromatic carbocycles. The number of nitrogens with zero attached hydrogens (tertiary/aromatic N) is 3. The molecule has 0 aromatic heterocycles. The number of likely N-dealkylation sites (N-methyl/N-ethyl adjacent to an activating group) is 1. The van der Waals surface area contributed by atoms with Gasteiger partial charge in [0, 0.05) is 19.6 Å². The number of ether oxygens (including phenoxy) is 1. The minimum atomic E-state index is -0.176. The van der Waals surface area contributed by atoms with Gasteiger partial charge in [0.25, 0.3) is 11.8 Å². The fraction of sp³-hybridized carbons (Fsp3) is 0.583. The van der Waals surface area contributed by atoms with Gasteiger partial charge in [-0.2, -0.15) is 0 Å². The second kappa shape index (κ2) is 10.1. The van der Waals surface area contributed by atoms with Gasteiger partial charge in [-0.05, 0) is 63.5 Å². The molecule has 1 fully saturated rings. The Labute approximate surface area is 180 Å². The van der Waals surface area contributed by atoms with Gasteiger partial charge < -0.3 is 14.5 Å². The first-order valence-corrected chi connectivity index (χ1v) is 11.2. The van der Waals surface area contributed by atoms with Crippen molar-refractivity contribution in [2.75, 3.05) is 40.3 Å². The molecule has 0 aliphatic carbocycles. The first-order valence-electron chi connectivity index (χ1n) is 11.2. The zero-order valence-electron chi connectivity index (χ0n) is 18.8. The molecule has 0 N–H and O–H groups in total. The molecule has 30 heavy (non-hydrogen) atoms. The van der Waals surface area contributed by atoms with Crippen LogP contribution in [0.4, 0.5) is 0 Å². The average Bonchev–Trinajstić information content (AvgIpc) is 3.00. The maximum Gasteiger partial charge on any atom is 0.277 e. The van der Waals surface area contributed by atoms with Crippen molar-refractivity contribution in [3.8, 4) is 5.75 Å². The van der Waals surface area contributed by atoms with E-state index in [1.807, 2.05) is 31.3 Å². The average molecular weight is 414 g/mol. The highest BCUT2D eigenvalue weighted by atomic mass is 16.5. The predicted molar refractivity (Wildman–Crippen MR) is 119 cm³/mol. The van der Waals surface area contributed by atoms with E-state index in [4.69, 9.17) is 4.74 Å². The first-order chi connectivity index (χ1) is 14.5. The Kier molecular flexibility index (Phi) is 7.53. The lowest BCUT2D eigenvalue weighted by atomic mass is 10.00. The number of piperidine rings is 1. The molecule has 6 nitrogen and oxygen atoms in total. The summed E-state index contributed by atoms with van der Waals surface area (Å²) in [5.41, 5.74) is 1.86. The number of carbonyl (C=O) groups is 2. The van der Waals surface area contributed by atoms with Gasteiger partial charge in [-0.1, -0.05) is 32.4 Å². The van der Waals surface area contributed by atoms with Crippen LogP contribution in [-0.4, -0.2) is 72.9 Å². The molecule has 0 atom stereocenters. The zero-order valence-corrected chi connectivity index (χ0v) is 18.8. The van der Waals surface area contributed by atoms with E-state index in [-0.39, 0.29) is 17.9 Å². The van der Waals surface area contributed by atoms with Crippen LogP contribution in [0.25, 0.3) is 5.57 Å². The van der Waals surface area contributed by atoms with Gasteiger partial charge in [-0.3, -0.25) is 14.5 Å². The summed E-state index contributed by atoms with van der Waals surface area (Å²) in [5.74, 6) is 0.452. The van der Waals surface area contributed by atoms with E-state index in [0.717, 1.165) is 56.5 Å². The molecular weight excluding hydrogens is 378 g/mol. The maximum atomic E-state index is 13.3. The molecule has 1 aromatic rings. The number of amides is 2. The van der Waals surface area contributed by atoms with Crippen LogP contribution in [-0.2, 0) is 9.59 Å². The van der Waals surface area contributed by atoms with Gasteiger partial charge in [-0.25, -0.2) is 0 Å². The lowest BCUT2D eigenvalue weighted by Crippen LogP contribution is -2.43. The molecule has 1 saturated heterocycles. The molecule has 0 bridgehead atoms. The van der Waals surface area contributed by atoms with Crippen LogP contribution >= 0.6 is 0 Å². The maximum absolute atomic E-state index is 13.3. The van der Waals surface area contributed by atoms with Crippen LogP contribution < -0.4 is 4.74 Å². The number of benzene rings is 1. The number of hydrogen-bond acceptors (Lipinski definition) is 5. The second-order valence-electron chi connectivity index (χ2n) is 8.36. The van der Waals surface area contributed by atoms with Crippen molar-refractivity contribution in [1.82, 2.24) is 14.7 Å². The highest BCUT2D eigenvalue weighted by molar-refractivity contribution is 6.35. The SMILES string of the molecule is CCCCN1C(=O)C(c2ccc(OCCC)cc2)=C(N(C)C2CCN(C)CC2)C1=O. The summed E-state index contributed by atoms with van der Waals surface area (Å²) in [6.07, 6.45) is 4.68. The molecule has 2 aliphatic rings. The van der Waals surface area contributed by atoms with Crippen molar-refractivity contribution in [2.45, 2.75) is 52.0 Å². The van der Waals surface area contributed by atoms with Crippen molar-refractivity contribution in [3.05, 3.63) is 35.5 Å². The van der Waals surface area contributed by atoms with Crippen molar-refractivity contribution >= 4 is 17.4 Å². The minimum Gasteiger partial charge on any atom is -0.494 e. The van der Waals surface area contributed by atoms with Crippen LogP contribution in [0.5, 0.6) is 5.75 Å². The summed E-state index contributed by atoms with van der Waals surface area (Å²) >= 11 is 0. The van der Waals surface area contributed by atoms with Crippen molar-refractivity contribution in [2.24, 2.45) is 0 Å². The van der Waals surface area contributed by atoms with Gasteiger partial charge >= 0.3 is 0 Å². The number of unbranched alkanes of at least 4 members (excludes halogenated alkanes) is 1. The van der Waals surface area contributed by atoms with Crippen molar-refractivity contribution < 1.29 is 14.3 Å². The van der Waals surface area contributed by atoms with E-state index in [1.54, 1.807) is 0 Å². The Morgan fingerprint density at radius 3 is 2.30 bits per heavy atom. The van der Waals surface area contributed by atoms with E-state index < -0.39 is 0 Å². The van der Waals surface area contributed by atoms with Crippen LogP contribution in [0.1, 0.15) is 51.5 Å². The quantitative estimate of drug-likeness (QED) is 0.581. The molecule has 2 aliphatic heterocycles. The van der Waals surface area contributed by atoms with E-state index in [1.165, 1.54) is 4.90 Å². The summed E-state index contributed by atoms with van der Waals surface area (Å²) in [5, 5.41) is 0. The summed E-state index contributed by atoms with van der Waals surface area (Å²) in [6.45, 7) is 7.28. The smallest absolute Gasteiger partial charge is 0.277 e. The molecule has 3 rings (SSSR count). The van der Waals surface area contributed by atoms with Gasteiger partial charge in [0.05, 0.1) is 12.2 Å². The molecule has 0 radical (unpaired) electrons. The van der Waals surface area contributed by atoms with Gasteiger partial charge in [0.1, 0.15) is 11.4 Å². The monoisotopic (exact) mass is 413 g/mol. The minimum absolute atomic E-state index is 0.156. The summed E-state index contributed by atoms with van der Waals surface area (Å²) < 4.78 is 5.68. The van der Waals surface area contributed by atoms with Crippen molar-refractivity contribution in [3.63, 3.8) is 0 Å². The Balaban J connectivity index is 1.93. The largest absolute Gasteiger partial charge is 0.494 e. The molecular formula is C24H35N3O3. The lowest BCUT2D eigenvalue weighted by molar-refractivity contribution is -0.137. The Morgan fingerprint density at radius 2 is 1.70 bits per heavy atom. The van der Waals surface area contributed by atoms with E-state index in [0.29, 0.717) is 24.4 Å². The molecule has 6 heteroatoms. The summed E-state index contributed by atoms with van der Waals surface area (Å²) in [4.78, 5) is 32.4.